The molecular formula is C20H21FN6O4. The Labute approximate surface area is 177 Å². The van der Waals surface area contributed by atoms with Crippen LogP contribution in [0.2, 0.25) is 0 Å². The molecule has 3 aliphatic rings. The minimum absolute atomic E-state index is 0.110. The molecule has 2 aliphatic heterocycles. The van der Waals surface area contributed by atoms with Crippen LogP contribution in [0.3, 0.4) is 0 Å². The highest BCUT2D eigenvalue weighted by atomic mass is 19.1. The third-order valence-corrected chi connectivity index (χ3v) is 5.65. The molecule has 0 bridgehead atoms. The summed E-state index contributed by atoms with van der Waals surface area (Å²) >= 11 is 0. The minimum atomic E-state index is -0.503. The normalized spacial score (nSPS) is 21.9. The molecule has 0 aromatic carbocycles. The van der Waals surface area contributed by atoms with Gasteiger partial charge >= 0.3 is 6.09 Å². The summed E-state index contributed by atoms with van der Waals surface area (Å²) in [6.07, 6.45) is 5.80. The van der Waals surface area contributed by atoms with Crippen molar-refractivity contribution >= 4 is 23.6 Å². The largest absolute Gasteiger partial charge is 0.465 e. The Balaban J connectivity index is 1.10. The van der Waals surface area contributed by atoms with Crippen LogP contribution in [0.4, 0.5) is 20.8 Å². The maximum atomic E-state index is 13.8. The molecule has 31 heavy (non-hydrogen) atoms. The minimum Gasteiger partial charge on any atom is -0.465 e. The van der Waals surface area contributed by atoms with Crippen molar-refractivity contribution < 1.29 is 23.5 Å². The molecule has 2 amide bonds. The van der Waals surface area contributed by atoms with Gasteiger partial charge in [-0.05, 0) is 49.4 Å². The molecule has 2 aromatic rings. The lowest BCUT2D eigenvalue weighted by Gasteiger charge is -2.18. The predicted molar refractivity (Wildman–Crippen MR) is 106 cm³/mol. The molecule has 1 saturated heterocycles. The molecule has 1 fully saturated rings. The van der Waals surface area contributed by atoms with E-state index >= 15 is 0 Å². The number of hydrogen-bond donors (Lipinski definition) is 2. The van der Waals surface area contributed by atoms with Crippen molar-refractivity contribution in [3.63, 3.8) is 0 Å². The second-order valence-corrected chi connectivity index (χ2v) is 7.86. The number of hydrogen-bond acceptors (Lipinski definition) is 8. The average Bonchev–Trinajstić information content (AvgIpc) is 3.34. The Morgan fingerprint density at radius 2 is 2.16 bits per heavy atom. The Bertz CT molecular complexity index is 1030. The molecule has 0 radical (unpaired) electrons. The van der Waals surface area contributed by atoms with Crippen LogP contribution in [0, 0.1) is 11.7 Å². The summed E-state index contributed by atoms with van der Waals surface area (Å²) in [6.45, 7) is 1.66. The molecule has 10 nitrogen and oxygen atoms in total. The fraction of sp³-hybridized carbons (Fsp3) is 0.450. The first-order valence-electron chi connectivity index (χ1n) is 10.2. The average molecular weight is 428 g/mol. The SMILES string of the molecule is O=C1COc2ncc(N3CC(CCNCC4Cc5cncc(F)c5C4)OC3=O)nc2N1. The van der Waals surface area contributed by atoms with Gasteiger partial charge in [0.1, 0.15) is 11.9 Å². The first-order valence-corrected chi connectivity index (χ1v) is 10.2. The molecule has 2 atom stereocenters. The van der Waals surface area contributed by atoms with Crippen LogP contribution in [-0.4, -0.2) is 59.3 Å². The van der Waals surface area contributed by atoms with Crippen molar-refractivity contribution in [3.8, 4) is 5.88 Å². The Kier molecular flexibility index (Phi) is 5.10. The van der Waals surface area contributed by atoms with E-state index in [1.165, 1.54) is 17.3 Å². The number of amides is 2. The number of aromatic nitrogens is 3. The van der Waals surface area contributed by atoms with E-state index in [1.807, 2.05) is 0 Å². The number of ether oxygens (including phenoxy) is 2. The van der Waals surface area contributed by atoms with Gasteiger partial charge in [-0.1, -0.05) is 0 Å². The van der Waals surface area contributed by atoms with Crippen LogP contribution in [0.25, 0.3) is 0 Å². The van der Waals surface area contributed by atoms with E-state index in [4.69, 9.17) is 9.47 Å². The standard InChI is InChI=1S/C20H21FN6O4/c21-15-7-23-6-12-3-11(4-14(12)15)5-22-2-1-13-9-27(20(29)31-13)16-8-24-19-18(25-16)26-17(28)10-30-19/h6-8,11,13,22H,1-5,9-10H2,(H,25,26,28). The zero-order chi connectivity index (χ0) is 21.4. The molecule has 2 aromatic heterocycles. The highest BCUT2D eigenvalue weighted by Crippen LogP contribution is 2.29. The fourth-order valence-corrected chi connectivity index (χ4v) is 4.14. The van der Waals surface area contributed by atoms with Gasteiger partial charge in [-0.2, -0.15) is 0 Å². The van der Waals surface area contributed by atoms with Gasteiger partial charge in [0.15, 0.2) is 18.2 Å². The monoisotopic (exact) mass is 428 g/mol. The number of fused-ring (bicyclic) bond motifs is 2. The van der Waals surface area contributed by atoms with Crippen molar-refractivity contribution in [2.24, 2.45) is 5.92 Å². The van der Waals surface area contributed by atoms with Crippen LogP contribution >= 0.6 is 0 Å². The second kappa shape index (κ2) is 8.06. The van der Waals surface area contributed by atoms with Crippen LogP contribution in [0.5, 0.6) is 5.88 Å². The number of carbonyl (C=O) groups is 2. The van der Waals surface area contributed by atoms with E-state index < -0.39 is 6.09 Å². The van der Waals surface area contributed by atoms with Crippen molar-refractivity contribution in [1.82, 2.24) is 20.3 Å². The first-order chi connectivity index (χ1) is 15.1. The lowest BCUT2D eigenvalue weighted by Crippen LogP contribution is -2.30. The number of nitrogens with one attached hydrogen (secondary N) is 2. The molecule has 11 heteroatoms. The molecule has 1 aliphatic carbocycles. The summed E-state index contributed by atoms with van der Waals surface area (Å²) in [5, 5.41) is 5.95. The number of nitrogens with zero attached hydrogens (tertiary/aromatic N) is 4. The van der Waals surface area contributed by atoms with Gasteiger partial charge in [0.05, 0.1) is 18.9 Å². The molecule has 2 N–H and O–H groups in total. The van der Waals surface area contributed by atoms with E-state index in [1.54, 1.807) is 6.20 Å². The van der Waals surface area contributed by atoms with Gasteiger partial charge < -0.3 is 20.1 Å². The number of carbonyl (C=O) groups excluding carboxylic acids is 2. The third kappa shape index (κ3) is 4.00. The molecule has 0 saturated carbocycles. The summed E-state index contributed by atoms with van der Waals surface area (Å²) in [6, 6.07) is 0. The highest BCUT2D eigenvalue weighted by molar-refractivity contribution is 5.94. The van der Waals surface area contributed by atoms with E-state index in [0.717, 1.165) is 24.1 Å². The van der Waals surface area contributed by atoms with Gasteiger partial charge in [-0.15, -0.1) is 0 Å². The van der Waals surface area contributed by atoms with Gasteiger partial charge in [0.25, 0.3) is 11.8 Å². The van der Waals surface area contributed by atoms with Gasteiger partial charge in [-0.3, -0.25) is 14.7 Å². The smallest absolute Gasteiger partial charge is 0.415 e. The lowest BCUT2D eigenvalue weighted by molar-refractivity contribution is -0.118. The molecule has 4 heterocycles. The molecule has 0 spiro atoms. The Morgan fingerprint density at radius 3 is 3.03 bits per heavy atom. The molecule has 2 unspecified atom stereocenters. The van der Waals surface area contributed by atoms with Crippen LogP contribution in [-0.2, 0) is 22.4 Å². The lowest BCUT2D eigenvalue weighted by atomic mass is 10.1. The number of pyridine rings is 1. The summed E-state index contributed by atoms with van der Waals surface area (Å²) in [5.74, 6) is 0.492. The van der Waals surface area contributed by atoms with Crippen LogP contribution in [0.15, 0.2) is 18.6 Å². The van der Waals surface area contributed by atoms with Crippen molar-refractivity contribution in [2.75, 3.05) is 36.5 Å². The van der Waals surface area contributed by atoms with Crippen molar-refractivity contribution in [1.29, 1.82) is 0 Å². The summed E-state index contributed by atoms with van der Waals surface area (Å²) in [5.41, 5.74) is 1.76. The number of anilines is 2. The predicted octanol–water partition coefficient (Wildman–Crippen LogP) is 1.06. The number of halogens is 1. The van der Waals surface area contributed by atoms with E-state index in [2.05, 4.69) is 25.6 Å². The third-order valence-electron chi connectivity index (χ3n) is 5.65. The fourth-order valence-electron chi connectivity index (χ4n) is 4.14. The van der Waals surface area contributed by atoms with E-state index in [0.29, 0.717) is 37.7 Å². The van der Waals surface area contributed by atoms with E-state index in [9.17, 15) is 14.0 Å². The first kappa shape index (κ1) is 19.6. The molecular weight excluding hydrogens is 407 g/mol. The number of cyclic esters (lactones) is 1. The maximum absolute atomic E-state index is 13.8. The second-order valence-electron chi connectivity index (χ2n) is 7.86. The van der Waals surface area contributed by atoms with Crippen molar-refractivity contribution in [2.45, 2.75) is 25.4 Å². The summed E-state index contributed by atoms with van der Waals surface area (Å²) in [4.78, 5) is 37.4. The van der Waals surface area contributed by atoms with E-state index in [-0.39, 0.29) is 36.1 Å². The Morgan fingerprint density at radius 1 is 1.26 bits per heavy atom. The molecule has 5 rings (SSSR count). The van der Waals surface area contributed by atoms with Crippen LogP contribution < -0.4 is 20.3 Å². The topological polar surface area (TPSA) is 119 Å². The zero-order valence-corrected chi connectivity index (χ0v) is 16.6. The number of rotatable bonds is 6. The Hall–Kier alpha value is -3.34. The van der Waals surface area contributed by atoms with Gasteiger partial charge in [0, 0.05) is 6.20 Å². The zero-order valence-electron chi connectivity index (χ0n) is 16.6. The van der Waals surface area contributed by atoms with Crippen molar-refractivity contribution in [3.05, 3.63) is 35.5 Å². The summed E-state index contributed by atoms with van der Waals surface area (Å²) in [7, 11) is 0. The van der Waals surface area contributed by atoms with Gasteiger partial charge in [-0.25, -0.2) is 19.2 Å². The quantitative estimate of drug-likeness (QED) is 0.656. The maximum Gasteiger partial charge on any atom is 0.415 e. The highest BCUT2D eigenvalue weighted by Gasteiger charge is 2.34. The molecule has 162 valence electrons. The van der Waals surface area contributed by atoms with Crippen LogP contribution in [0.1, 0.15) is 17.5 Å². The summed E-state index contributed by atoms with van der Waals surface area (Å²) < 4.78 is 24.4. The van der Waals surface area contributed by atoms with Gasteiger partial charge in [0.2, 0.25) is 0 Å².